The second-order valence-electron chi connectivity index (χ2n) is 4.65. The second kappa shape index (κ2) is 5.47. The molecule has 2 atom stereocenters. The molecule has 0 spiro atoms. The largest absolute Gasteiger partial charge is 0.396 e. The van der Waals surface area contributed by atoms with Crippen molar-refractivity contribution in [2.75, 3.05) is 13.2 Å². The highest BCUT2D eigenvalue weighted by atomic mass is 35.5. The lowest BCUT2D eigenvalue weighted by atomic mass is 10.1. The minimum atomic E-state index is -0.0520. The van der Waals surface area contributed by atoms with Gasteiger partial charge in [-0.2, -0.15) is 0 Å². The molecule has 18 heavy (non-hydrogen) atoms. The van der Waals surface area contributed by atoms with E-state index in [0.717, 1.165) is 5.56 Å². The molecule has 1 fully saturated rings. The number of halogens is 2. The number of carbonyl (C=O) groups excluding carboxylic acids is 1. The van der Waals surface area contributed by atoms with E-state index in [2.05, 4.69) is 0 Å². The molecular weight excluding hydrogens is 273 g/mol. The first-order valence-electron chi connectivity index (χ1n) is 5.88. The predicted molar refractivity (Wildman–Crippen MR) is 71.8 cm³/mol. The number of likely N-dealkylation sites (tertiary alicyclic amines) is 1. The molecule has 1 aliphatic heterocycles. The molecule has 3 nitrogen and oxygen atoms in total. The molecular formula is C13H15Cl2NO2. The highest BCUT2D eigenvalue weighted by Gasteiger charge is 2.32. The zero-order valence-electron chi connectivity index (χ0n) is 10.1. The molecule has 5 heteroatoms. The van der Waals surface area contributed by atoms with Crippen LogP contribution in [0.3, 0.4) is 0 Å². The topological polar surface area (TPSA) is 40.5 Å². The summed E-state index contributed by atoms with van der Waals surface area (Å²) in [6.45, 7) is 2.60. The van der Waals surface area contributed by atoms with E-state index < -0.39 is 0 Å². The zero-order valence-corrected chi connectivity index (χ0v) is 11.6. The van der Waals surface area contributed by atoms with Crippen molar-refractivity contribution in [1.29, 1.82) is 0 Å². The predicted octanol–water partition coefficient (Wildman–Crippen LogP) is 2.90. The van der Waals surface area contributed by atoms with Gasteiger partial charge in [-0.05, 0) is 24.6 Å². The molecule has 1 aliphatic rings. The fraction of sp³-hybridized carbons (Fsp3) is 0.462. The molecule has 2 unspecified atom stereocenters. The highest BCUT2D eigenvalue weighted by Crippen LogP contribution is 2.31. The summed E-state index contributed by atoms with van der Waals surface area (Å²) < 4.78 is 0. The summed E-state index contributed by atoms with van der Waals surface area (Å²) in [6, 6.07) is 5.34. The van der Waals surface area contributed by atoms with Crippen LogP contribution in [0.5, 0.6) is 0 Å². The first-order chi connectivity index (χ1) is 8.52. The van der Waals surface area contributed by atoms with Crippen molar-refractivity contribution in [1.82, 2.24) is 4.90 Å². The molecule has 0 bridgehead atoms. The molecule has 1 heterocycles. The van der Waals surface area contributed by atoms with Crippen molar-refractivity contribution in [3.05, 3.63) is 33.8 Å². The van der Waals surface area contributed by atoms with E-state index in [1.165, 1.54) is 0 Å². The van der Waals surface area contributed by atoms with Crippen LogP contribution in [-0.2, 0) is 4.79 Å². The quantitative estimate of drug-likeness (QED) is 0.929. The van der Waals surface area contributed by atoms with Gasteiger partial charge in [-0.15, -0.1) is 0 Å². The number of hydrogen-bond acceptors (Lipinski definition) is 2. The van der Waals surface area contributed by atoms with E-state index in [9.17, 15) is 4.79 Å². The lowest BCUT2D eigenvalue weighted by Crippen LogP contribution is -2.28. The zero-order chi connectivity index (χ0) is 13.3. The van der Waals surface area contributed by atoms with Crippen LogP contribution < -0.4 is 0 Å². The lowest BCUT2D eigenvalue weighted by Gasteiger charge is -2.25. The van der Waals surface area contributed by atoms with Crippen LogP contribution in [0.2, 0.25) is 10.0 Å². The van der Waals surface area contributed by atoms with Gasteiger partial charge in [-0.3, -0.25) is 4.79 Å². The van der Waals surface area contributed by atoms with Crippen LogP contribution in [0, 0.1) is 5.92 Å². The molecule has 2 rings (SSSR count). The molecule has 1 aromatic rings. The monoisotopic (exact) mass is 287 g/mol. The number of aliphatic hydroxyl groups excluding tert-OH is 1. The first kappa shape index (κ1) is 13.7. The molecule has 1 aromatic carbocycles. The Morgan fingerprint density at radius 2 is 2.17 bits per heavy atom. The van der Waals surface area contributed by atoms with Gasteiger partial charge in [0.15, 0.2) is 0 Å². The Hall–Kier alpha value is -0.770. The molecule has 1 N–H and O–H groups in total. The SMILES string of the molecule is CC(c1ccc(Cl)c(Cl)c1)N1CC(CO)CC1=O. The summed E-state index contributed by atoms with van der Waals surface area (Å²) in [4.78, 5) is 13.6. The summed E-state index contributed by atoms with van der Waals surface area (Å²) in [6.07, 6.45) is 0.419. The number of hydrogen-bond donors (Lipinski definition) is 1. The van der Waals surface area contributed by atoms with Crippen LogP contribution in [0.1, 0.15) is 24.9 Å². The van der Waals surface area contributed by atoms with Crippen molar-refractivity contribution in [3.63, 3.8) is 0 Å². The number of amides is 1. The second-order valence-corrected chi connectivity index (χ2v) is 5.46. The number of aliphatic hydroxyl groups is 1. The number of nitrogens with zero attached hydrogens (tertiary/aromatic N) is 1. The van der Waals surface area contributed by atoms with Crippen molar-refractivity contribution >= 4 is 29.1 Å². The summed E-state index contributed by atoms with van der Waals surface area (Å²) in [5.41, 5.74) is 0.955. The molecule has 1 amide bonds. The van der Waals surface area contributed by atoms with Gasteiger partial charge in [-0.25, -0.2) is 0 Å². The third-order valence-electron chi connectivity index (χ3n) is 3.39. The van der Waals surface area contributed by atoms with Gasteiger partial charge in [0.1, 0.15) is 0 Å². The van der Waals surface area contributed by atoms with Crippen LogP contribution in [0.25, 0.3) is 0 Å². The Labute approximate surface area is 116 Å². The molecule has 1 saturated heterocycles. The lowest BCUT2D eigenvalue weighted by molar-refractivity contribution is -0.129. The highest BCUT2D eigenvalue weighted by molar-refractivity contribution is 6.42. The fourth-order valence-electron chi connectivity index (χ4n) is 2.26. The smallest absolute Gasteiger partial charge is 0.223 e. The Morgan fingerprint density at radius 1 is 1.44 bits per heavy atom. The van der Waals surface area contributed by atoms with Gasteiger partial charge in [0.25, 0.3) is 0 Å². The maximum absolute atomic E-state index is 11.9. The van der Waals surface area contributed by atoms with E-state index in [1.54, 1.807) is 17.0 Å². The average molecular weight is 288 g/mol. The third-order valence-corrected chi connectivity index (χ3v) is 4.13. The summed E-state index contributed by atoms with van der Waals surface area (Å²) in [5.74, 6) is 0.121. The number of rotatable bonds is 3. The Kier molecular flexibility index (Phi) is 4.15. The van der Waals surface area contributed by atoms with Gasteiger partial charge >= 0.3 is 0 Å². The van der Waals surface area contributed by atoms with Crippen molar-refractivity contribution in [2.24, 2.45) is 5.92 Å². The van der Waals surface area contributed by atoms with Crippen LogP contribution in [0.4, 0.5) is 0 Å². The Morgan fingerprint density at radius 3 is 2.72 bits per heavy atom. The fourth-order valence-corrected chi connectivity index (χ4v) is 2.56. The summed E-state index contributed by atoms with van der Waals surface area (Å²) in [5, 5.41) is 10.1. The minimum Gasteiger partial charge on any atom is -0.396 e. The maximum atomic E-state index is 11.9. The molecule has 0 aromatic heterocycles. The normalized spacial score (nSPS) is 21.4. The van der Waals surface area contributed by atoms with E-state index >= 15 is 0 Å². The van der Waals surface area contributed by atoms with E-state index in [-0.39, 0.29) is 24.5 Å². The van der Waals surface area contributed by atoms with Gasteiger partial charge in [0.2, 0.25) is 5.91 Å². The van der Waals surface area contributed by atoms with Gasteiger partial charge in [0.05, 0.1) is 16.1 Å². The first-order valence-corrected chi connectivity index (χ1v) is 6.63. The van der Waals surface area contributed by atoms with Crippen LogP contribution in [-0.4, -0.2) is 29.1 Å². The van der Waals surface area contributed by atoms with E-state index in [1.807, 2.05) is 13.0 Å². The molecule has 0 radical (unpaired) electrons. The maximum Gasteiger partial charge on any atom is 0.223 e. The molecule has 0 saturated carbocycles. The summed E-state index contributed by atoms with van der Waals surface area (Å²) >= 11 is 11.9. The number of benzene rings is 1. The van der Waals surface area contributed by atoms with Gasteiger partial charge in [0, 0.05) is 25.5 Å². The Bertz CT molecular complexity index is 464. The van der Waals surface area contributed by atoms with E-state index in [0.29, 0.717) is 23.0 Å². The van der Waals surface area contributed by atoms with Gasteiger partial charge in [-0.1, -0.05) is 29.3 Å². The third kappa shape index (κ3) is 2.63. The van der Waals surface area contributed by atoms with Crippen molar-refractivity contribution in [2.45, 2.75) is 19.4 Å². The number of carbonyl (C=O) groups is 1. The standard InChI is InChI=1S/C13H15Cl2NO2/c1-8(10-2-3-11(14)12(15)5-10)16-6-9(7-17)4-13(16)18/h2-3,5,8-9,17H,4,6-7H2,1H3. The Balaban J connectivity index is 2.18. The van der Waals surface area contributed by atoms with Crippen LogP contribution >= 0.6 is 23.2 Å². The van der Waals surface area contributed by atoms with Crippen LogP contribution in [0.15, 0.2) is 18.2 Å². The van der Waals surface area contributed by atoms with Gasteiger partial charge < -0.3 is 10.0 Å². The average Bonchev–Trinajstić information content (AvgIpc) is 2.73. The molecule has 98 valence electrons. The molecule has 0 aliphatic carbocycles. The summed E-state index contributed by atoms with van der Waals surface area (Å²) in [7, 11) is 0. The van der Waals surface area contributed by atoms with E-state index in [4.69, 9.17) is 28.3 Å². The van der Waals surface area contributed by atoms with Crippen molar-refractivity contribution < 1.29 is 9.90 Å². The minimum absolute atomic E-state index is 0.0442. The van der Waals surface area contributed by atoms with Crippen molar-refractivity contribution in [3.8, 4) is 0 Å².